The van der Waals surface area contributed by atoms with Crippen molar-refractivity contribution in [1.29, 1.82) is 0 Å². The van der Waals surface area contributed by atoms with E-state index in [0.29, 0.717) is 28.6 Å². The number of benzene rings is 2. The van der Waals surface area contributed by atoms with E-state index in [9.17, 15) is 18.0 Å². The van der Waals surface area contributed by atoms with E-state index in [0.717, 1.165) is 25.7 Å². The number of hydrogen-bond acceptors (Lipinski definition) is 6. The molecule has 0 aromatic heterocycles. The summed E-state index contributed by atoms with van der Waals surface area (Å²) in [6.45, 7) is 0.569. The topological polar surface area (TPSA) is 110 Å². The molecule has 0 unspecified atom stereocenters. The van der Waals surface area contributed by atoms with E-state index in [4.69, 9.17) is 21.5 Å². The molecule has 1 fully saturated rings. The molecule has 2 aromatic carbocycles. The van der Waals surface area contributed by atoms with Crippen LogP contribution in [-0.2, 0) is 26.2 Å². The van der Waals surface area contributed by atoms with Gasteiger partial charge in [-0.3, -0.25) is 14.5 Å². The van der Waals surface area contributed by atoms with Gasteiger partial charge in [-0.15, -0.1) is 0 Å². The van der Waals surface area contributed by atoms with Crippen molar-refractivity contribution < 1.29 is 22.7 Å². The Bertz CT molecular complexity index is 1300. The molecule has 2 N–H and O–H groups in total. The average molecular weight is 502 g/mol. The van der Waals surface area contributed by atoms with Crippen LogP contribution in [0.15, 0.2) is 58.8 Å². The van der Waals surface area contributed by atoms with Gasteiger partial charge in [-0.1, -0.05) is 30.9 Å². The minimum absolute atomic E-state index is 0.0302. The molecule has 0 bridgehead atoms. The zero-order valence-corrected chi connectivity index (χ0v) is 19.9. The molecule has 1 aliphatic carbocycles. The summed E-state index contributed by atoms with van der Waals surface area (Å²) in [5, 5.41) is 5.72. The van der Waals surface area contributed by atoms with Gasteiger partial charge >= 0.3 is 0 Å². The van der Waals surface area contributed by atoms with E-state index in [1.807, 2.05) is 0 Å². The Morgan fingerprint density at radius 2 is 1.71 bits per heavy atom. The lowest BCUT2D eigenvalue weighted by atomic mass is 9.89. The van der Waals surface area contributed by atoms with Crippen LogP contribution in [0.1, 0.15) is 37.7 Å². The number of nitrogens with zero attached hydrogens (tertiary/aromatic N) is 2. The highest BCUT2D eigenvalue weighted by Crippen LogP contribution is 2.39. The Hall–Kier alpha value is -2.88. The lowest BCUT2D eigenvalue weighted by molar-refractivity contribution is -0.139. The minimum Gasteiger partial charge on any atom is -0.449 e. The molecule has 0 atom stereocenters. The molecule has 0 spiro atoms. The highest BCUT2D eigenvalue weighted by atomic mass is 35.5. The Morgan fingerprint density at radius 1 is 1.00 bits per heavy atom. The zero-order valence-electron chi connectivity index (χ0n) is 18.4. The van der Waals surface area contributed by atoms with Gasteiger partial charge in [0.2, 0.25) is 15.8 Å². The van der Waals surface area contributed by atoms with E-state index >= 15 is 0 Å². The number of halogens is 1. The van der Waals surface area contributed by atoms with Gasteiger partial charge in [0.15, 0.2) is 5.70 Å². The van der Waals surface area contributed by atoms with Crippen LogP contribution in [-0.4, -0.2) is 31.7 Å². The Kier molecular flexibility index (Phi) is 5.87. The Morgan fingerprint density at radius 3 is 2.38 bits per heavy atom. The molecule has 34 heavy (non-hydrogen) atoms. The van der Waals surface area contributed by atoms with Gasteiger partial charge in [-0.2, -0.15) is 0 Å². The Labute approximate surface area is 203 Å². The fourth-order valence-corrected chi connectivity index (χ4v) is 5.54. The van der Waals surface area contributed by atoms with Crippen molar-refractivity contribution >= 4 is 39.1 Å². The summed E-state index contributed by atoms with van der Waals surface area (Å²) in [5.41, 5.74) is 1.35. The normalized spacial score (nSPS) is 19.1. The van der Waals surface area contributed by atoms with Crippen molar-refractivity contribution in [3.05, 3.63) is 64.5 Å². The molecule has 178 valence electrons. The predicted octanol–water partition coefficient (Wildman–Crippen LogP) is 3.55. The third-order valence-corrected chi connectivity index (χ3v) is 7.74. The van der Waals surface area contributed by atoms with Gasteiger partial charge in [0, 0.05) is 22.8 Å². The quantitative estimate of drug-likeness (QED) is 0.641. The maximum atomic E-state index is 13.6. The van der Waals surface area contributed by atoms with Crippen LogP contribution in [0.4, 0.5) is 5.69 Å². The molecule has 2 heterocycles. The van der Waals surface area contributed by atoms with Gasteiger partial charge in [-0.05, 0) is 61.2 Å². The molecule has 5 rings (SSSR count). The zero-order chi connectivity index (χ0) is 24.0. The molecule has 0 saturated heterocycles. The lowest BCUT2D eigenvalue weighted by Gasteiger charge is -2.28. The average Bonchev–Trinajstić information content (AvgIpc) is 2.95. The smallest absolute Gasteiger partial charge is 0.298 e. The van der Waals surface area contributed by atoms with Crippen molar-refractivity contribution in [3.8, 4) is 5.75 Å². The van der Waals surface area contributed by atoms with Gasteiger partial charge in [-0.25, -0.2) is 13.6 Å². The van der Waals surface area contributed by atoms with Crippen LogP contribution in [0.3, 0.4) is 0 Å². The van der Waals surface area contributed by atoms with Gasteiger partial charge < -0.3 is 9.64 Å². The third kappa shape index (κ3) is 4.19. The largest absolute Gasteiger partial charge is 0.449 e. The van der Waals surface area contributed by atoms with Gasteiger partial charge in [0.05, 0.1) is 11.4 Å². The van der Waals surface area contributed by atoms with Gasteiger partial charge in [0.1, 0.15) is 5.75 Å². The molecular formula is C24H24ClN3O5S. The van der Waals surface area contributed by atoms with Crippen LogP contribution < -0.4 is 14.8 Å². The number of primary sulfonamides is 1. The number of imide groups is 1. The van der Waals surface area contributed by atoms with Crippen molar-refractivity contribution in [2.45, 2.75) is 43.5 Å². The van der Waals surface area contributed by atoms with Crippen LogP contribution in [0.5, 0.6) is 5.75 Å². The lowest BCUT2D eigenvalue weighted by Crippen LogP contribution is -2.39. The molecule has 1 saturated carbocycles. The van der Waals surface area contributed by atoms with Crippen molar-refractivity contribution in [2.24, 2.45) is 11.1 Å². The SMILES string of the molecule is NS(=O)(=O)c1ccc(N2Cc3cc(Cl)ccc3OC3=C2C(=O)N(CC2CCCCC2)C3=O)cc1. The highest BCUT2D eigenvalue weighted by molar-refractivity contribution is 7.89. The number of carbonyl (C=O) groups excluding carboxylic acids is 2. The van der Waals surface area contributed by atoms with Crippen LogP contribution in [0.2, 0.25) is 5.02 Å². The summed E-state index contributed by atoms with van der Waals surface area (Å²) < 4.78 is 29.4. The molecule has 2 amide bonds. The second kappa shape index (κ2) is 8.72. The van der Waals surface area contributed by atoms with Crippen molar-refractivity contribution in [3.63, 3.8) is 0 Å². The van der Waals surface area contributed by atoms with E-state index in [-0.39, 0.29) is 28.8 Å². The number of amides is 2. The summed E-state index contributed by atoms with van der Waals surface area (Å²) in [7, 11) is -3.88. The number of sulfonamides is 1. The Balaban J connectivity index is 1.56. The van der Waals surface area contributed by atoms with E-state index in [1.54, 1.807) is 35.2 Å². The molecule has 2 aromatic rings. The number of carbonyl (C=O) groups is 2. The van der Waals surface area contributed by atoms with E-state index in [2.05, 4.69) is 0 Å². The molecule has 10 heteroatoms. The summed E-state index contributed by atoms with van der Waals surface area (Å²) in [6, 6.07) is 10.9. The molecule has 8 nitrogen and oxygen atoms in total. The summed E-state index contributed by atoms with van der Waals surface area (Å²) >= 11 is 6.19. The molecule has 3 aliphatic rings. The summed E-state index contributed by atoms with van der Waals surface area (Å²) in [5.74, 6) is -0.183. The second-order valence-corrected chi connectivity index (χ2v) is 10.9. The first kappa shape index (κ1) is 22.9. The molecule has 0 radical (unpaired) electrons. The van der Waals surface area contributed by atoms with E-state index < -0.39 is 21.8 Å². The first-order chi connectivity index (χ1) is 16.2. The fourth-order valence-electron chi connectivity index (χ4n) is 4.83. The molecular weight excluding hydrogens is 478 g/mol. The van der Waals surface area contributed by atoms with Gasteiger partial charge in [0.25, 0.3) is 11.8 Å². The number of ether oxygens (including phenoxy) is 1. The third-order valence-electron chi connectivity index (χ3n) is 6.58. The fraction of sp³-hybridized carbons (Fsp3) is 0.333. The number of nitrogens with two attached hydrogens (primary N) is 1. The first-order valence-electron chi connectivity index (χ1n) is 11.2. The van der Waals surface area contributed by atoms with Crippen molar-refractivity contribution in [1.82, 2.24) is 4.90 Å². The summed E-state index contributed by atoms with van der Waals surface area (Å²) in [6.07, 6.45) is 5.35. The number of fused-ring (bicyclic) bond motifs is 1. The van der Waals surface area contributed by atoms with Crippen LogP contribution in [0.25, 0.3) is 0 Å². The number of anilines is 1. The van der Waals surface area contributed by atoms with Crippen LogP contribution >= 0.6 is 11.6 Å². The molecule has 2 aliphatic heterocycles. The van der Waals surface area contributed by atoms with Crippen LogP contribution in [0, 0.1) is 5.92 Å². The standard InChI is InChI=1S/C24H24ClN3O5S/c25-17-6-11-20-16(12-17)14-27(18-7-9-19(10-8-18)34(26,31)32)21-22(33-20)24(30)28(23(21)29)13-15-4-2-1-3-5-15/h6-12,15H,1-5,13-14H2,(H2,26,31,32). The monoisotopic (exact) mass is 501 g/mol. The maximum Gasteiger partial charge on any atom is 0.298 e. The number of hydrogen-bond donors (Lipinski definition) is 1. The van der Waals surface area contributed by atoms with E-state index in [1.165, 1.54) is 23.5 Å². The predicted molar refractivity (Wildman–Crippen MR) is 126 cm³/mol. The number of rotatable bonds is 4. The summed E-state index contributed by atoms with van der Waals surface area (Å²) in [4.78, 5) is 29.9. The highest BCUT2D eigenvalue weighted by Gasteiger charge is 2.45. The second-order valence-electron chi connectivity index (χ2n) is 8.88. The van der Waals surface area contributed by atoms with Crippen molar-refractivity contribution in [2.75, 3.05) is 11.4 Å². The first-order valence-corrected chi connectivity index (χ1v) is 13.1. The maximum absolute atomic E-state index is 13.6. The minimum atomic E-state index is -3.88.